The van der Waals surface area contributed by atoms with E-state index in [9.17, 15) is 4.79 Å². The van der Waals surface area contributed by atoms with Gasteiger partial charge in [-0.05, 0) is 54.9 Å². The van der Waals surface area contributed by atoms with Crippen molar-refractivity contribution in [2.45, 2.75) is 70.8 Å². The largest absolute Gasteiger partial charge is 0.375 e. The minimum atomic E-state index is 0.254. The highest BCUT2D eigenvalue weighted by atomic mass is 32.1. The second kappa shape index (κ2) is 8.50. The van der Waals surface area contributed by atoms with E-state index in [-0.39, 0.29) is 6.04 Å². The number of carbonyl (C=O) groups is 1. The Morgan fingerprint density at radius 1 is 1.20 bits per heavy atom. The Hall–Kier alpha value is -2.20. The van der Waals surface area contributed by atoms with Crippen molar-refractivity contribution in [1.82, 2.24) is 4.98 Å². The number of nitrogens with zero attached hydrogens (tertiary/aromatic N) is 1. The third-order valence-electron chi connectivity index (χ3n) is 7.12. The summed E-state index contributed by atoms with van der Waals surface area (Å²) in [5.41, 5.74) is 6.15. The molecular weight excluding hydrogens is 388 g/mol. The molecule has 0 radical (unpaired) electrons. The smallest absolute Gasteiger partial charge is 0.137 e. The molecule has 1 fully saturated rings. The lowest BCUT2D eigenvalue weighted by Gasteiger charge is -2.16. The van der Waals surface area contributed by atoms with Gasteiger partial charge in [0, 0.05) is 34.5 Å². The van der Waals surface area contributed by atoms with Gasteiger partial charge in [0.05, 0.1) is 17.4 Å². The predicted molar refractivity (Wildman–Crippen MR) is 125 cm³/mol. The predicted octanol–water partition coefficient (Wildman–Crippen LogP) is 6.79. The van der Waals surface area contributed by atoms with Crippen LogP contribution in [-0.2, 0) is 17.6 Å². The highest BCUT2D eigenvalue weighted by Crippen LogP contribution is 2.38. The molecule has 5 rings (SSSR count). The van der Waals surface area contributed by atoms with Gasteiger partial charge in [-0.2, -0.15) is 0 Å². The maximum absolute atomic E-state index is 12.6. The fourth-order valence-corrected chi connectivity index (χ4v) is 6.21. The first-order valence-corrected chi connectivity index (χ1v) is 12.3. The fraction of sp³-hybridized carbons (Fsp3) is 0.462. The van der Waals surface area contributed by atoms with Crippen molar-refractivity contribution in [2.75, 3.05) is 5.32 Å². The van der Waals surface area contributed by atoms with Crippen molar-refractivity contribution in [1.29, 1.82) is 0 Å². The minimum absolute atomic E-state index is 0.254. The lowest BCUT2D eigenvalue weighted by atomic mass is 9.95. The number of ketones is 1. The molecule has 3 aromatic rings. The average molecular weight is 419 g/mol. The second-order valence-corrected chi connectivity index (χ2v) is 9.97. The highest BCUT2D eigenvalue weighted by molar-refractivity contribution is 7.17. The summed E-state index contributed by atoms with van der Waals surface area (Å²) in [6.45, 7) is 2.18. The zero-order chi connectivity index (χ0) is 20.5. The molecule has 156 valence electrons. The van der Waals surface area contributed by atoms with Crippen molar-refractivity contribution < 1.29 is 4.79 Å². The van der Waals surface area contributed by atoms with Gasteiger partial charge in [-0.1, -0.05) is 43.9 Å². The number of nitrogens with one attached hydrogen (secondary N) is 1. The quantitative estimate of drug-likeness (QED) is 0.459. The molecule has 1 aromatic carbocycles. The van der Waals surface area contributed by atoms with Gasteiger partial charge in [0.1, 0.15) is 5.78 Å². The molecule has 2 heterocycles. The summed E-state index contributed by atoms with van der Waals surface area (Å²) in [6, 6.07) is 8.80. The number of hydrogen-bond donors (Lipinski definition) is 1. The molecule has 1 saturated carbocycles. The van der Waals surface area contributed by atoms with E-state index in [2.05, 4.69) is 41.9 Å². The van der Waals surface area contributed by atoms with E-state index in [4.69, 9.17) is 4.98 Å². The summed E-state index contributed by atoms with van der Waals surface area (Å²) < 4.78 is 1.31. The molecule has 1 atom stereocenters. The van der Waals surface area contributed by atoms with Crippen LogP contribution in [0.2, 0.25) is 0 Å². The van der Waals surface area contributed by atoms with Gasteiger partial charge in [0.25, 0.3) is 0 Å². The SMILES string of the molecule is Cc1c(CC(=O)CCC2CCCC2)cnc2c1CCC2Nc1csc2ccccc12. The number of hydrogen-bond acceptors (Lipinski definition) is 4. The summed E-state index contributed by atoms with van der Waals surface area (Å²) in [6.07, 6.45) is 11.8. The molecule has 2 aliphatic rings. The number of anilines is 1. The maximum Gasteiger partial charge on any atom is 0.137 e. The molecule has 1 N–H and O–H groups in total. The maximum atomic E-state index is 12.6. The van der Waals surface area contributed by atoms with E-state index in [0.717, 1.165) is 37.2 Å². The number of Topliss-reactive ketones (excluding diaryl/α,β-unsaturated/α-hetero) is 1. The summed E-state index contributed by atoms with van der Waals surface area (Å²) >= 11 is 1.78. The van der Waals surface area contributed by atoms with Crippen LogP contribution in [-0.4, -0.2) is 10.8 Å². The van der Waals surface area contributed by atoms with E-state index in [1.54, 1.807) is 11.3 Å². The summed E-state index contributed by atoms with van der Waals surface area (Å²) in [5.74, 6) is 1.16. The van der Waals surface area contributed by atoms with Crippen LogP contribution in [0.5, 0.6) is 0 Å². The number of thiophene rings is 1. The molecule has 0 amide bonds. The zero-order valence-electron chi connectivity index (χ0n) is 17.7. The van der Waals surface area contributed by atoms with E-state index in [1.807, 2.05) is 6.20 Å². The van der Waals surface area contributed by atoms with Crippen LogP contribution in [0, 0.1) is 12.8 Å². The molecule has 0 aliphatic heterocycles. The van der Waals surface area contributed by atoms with Crippen LogP contribution in [0.3, 0.4) is 0 Å². The number of benzene rings is 1. The molecule has 0 bridgehead atoms. The molecular formula is C26H30N2OS. The van der Waals surface area contributed by atoms with Gasteiger partial charge in [0.2, 0.25) is 0 Å². The van der Waals surface area contributed by atoms with Gasteiger partial charge in [0.15, 0.2) is 0 Å². The Kier molecular flexibility index (Phi) is 5.60. The normalized spacial score (nSPS) is 18.8. The first-order valence-electron chi connectivity index (χ1n) is 11.4. The third-order valence-corrected chi connectivity index (χ3v) is 8.08. The Balaban J connectivity index is 1.28. The van der Waals surface area contributed by atoms with Crippen molar-refractivity contribution in [3.05, 3.63) is 58.2 Å². The summed E-state index contributed by atoms with van der Waals surface area (Å²) in [5, 5.41) is 7.24. The molecule has 0 saturated heterocycles. The molecule has 2 aromatic heterocycles. The van der Waals surface area contributed by atoms with Crippen LogP contribution < -0.4 is 5.32 Å². The average Bonchev–Trinajstić information content (AvgIpc) is 3.50. The molecule has 2 aliphatic carbocycles. The van der Waals surface area contributed by atoms with Crippen molar-refractivity contribution >= 4 is 32.9 Å². The Morgan fingerprint density at radius 2 is 2.03 bits per heavy atom. The Morgan fingerprint density at radius 3 is 2.90 bits per heavy atom. The Bertz CT molecular complexity index is 1060. The third kappa shape index (κ3) is 3.90. The molecule has 3 nitrogen and oxygen atoms in total. The minimum Gasteiger partial charge on any atom is -0.375 e. The van der Waals surface area contributed by atoms with E-state index < -0.39 is 0 Å². The molecule has 30 heavy (non-hydrogen) atoms. The van der Waals surface area contributed by atoms with Crippen LogP contribution in [0.15, 0.2) is 35.8 Å². The van der Waals surface area contributed by atoms with Crippen LogP contribution >= 0.6 is 11.3 Å². The van der Waals surface area contributed by atoms with Gasteiger partial charge in [-0.25, -0.2) is 0 Å². The van der Waals surface area contributed by atoms with E-state index in [0.29, 0.717) is 12.2 Å². The number of carbonyl (C=O) groups excluding carboxylic acids is 1. The molecule has 1 unspecified atom stereocenters. The number of rotatable bonds is 7. The van der Waals surface area contributed by atoms with Gasteiger partial charge in [-0.15, -0.1) is 11.3 Å². The van der Waals surface area contributed by atoms with E-state index in [1.165, 1.54) is 58.3 Å². The van der Waals surface area contributed by atoms with Gasteiger partial charge in [-0.3, -0.25) is 9.78 Å². The van der Waals surface area contributed by atoms with Crippen LogP contribution in [0.1, 0.15) is 73.4 Å². The number of aromatic nitrogens is 1. The highest BCUT2D eigenvalue weighted by Gasteiger charge is 2.27. The molecule has 4 heteroatoms. The summed E-state index contributed by atoms with van der Waals surface area (Å²) in [7, 11) is 0. The fourth-order valence-electron chi connectivity index (χ4n) is 5.31. The van der Waals surface area contributed by atoms with Crippen molar-refractivity contribution in [2.24, 2.45) is 5.92 Å². The Labute approximate surface area is 182 Å². The van der Waals surface area contributed by atoms with Gasteiger partial charge < -0.3 is 5.32 Å². The number of pyridine rings is 1. The molecule has 0 spiro atoms. The van der Waals surface area contributed by atoms with Crippen molar-refractivity contribution in [3.8, 4) is 0 Å². The van der Waals surface area contributed by atoms with Crippen LogP contribution in [0.25, 0.3) is 10.1 Å². The summed E-state index contributed by atoms with van der Waals surface area (Å²) in [4.78, 5) is 17.4. The van der Waals surface area contributed by atoms with Crippen LogP contribution in [0.4, 0.5) is 5.69 Å². The monoisotopic (exact) mass is 418 g/mol. The lowest BCUT2D eigenvalue weighted by Crippen LogP contribution is -2.11. The first kappa shape index (κ1) is 19.7. The van der Waals surface area contributed by atoms with E-state index >= 15 is 0 Å². The van der Waals surface area contributed by atoms with Crippen molar-refractivity contribution in [3.63, 3.8) is 0 Å². The van der Waals surface area contributed by atoms with Gasteiger partial charge >= 0.3 is 0 Å². The zero-order valence-corrected chi connectivity index (χ0v) is 18.6. The standard InChI is InChI=1S/C26H30N2OS/c1-17-19(14-20(29)11-10-18-6-2-3-7-18)15-27-26-21(17)12-13-23(26)28-24-16-30-25-9-5-4-8-22(24)25/h4-5,8-9,15-16,18,23,28H,2-3,6-7,10-14H2,1H3. The second-order valence-electron chi connectivity index (χ2n) is 9.06. The number of fused-ring (bicyclic) bond motifs is 2. The topological polar surface area (TPSA) is 42.0 Å². The lowest BCUT2D eigenvalue weighted by molar-refractivity contribution is -0.118. The first-order chi connectivity index (χ1) is 14.7.